The van der Waals surface area contributed by atoms with Gasteiger partial charge in [0.25, 0.3) is 0 Å². The van der Waals surface area contributed by atoms with E-state index in [1.165, 1.54) is 7.11 Å². The highest BCUT2D eigenvalue weighted by Gasteiger charge is 2.19. The van der Waals surface area contributed by atoms with Gasteiger partial charge in [-0.25, -0.2) is 0 Å². The Morgan fingerprint density at radius 3 is 1.76 bits per heavy atom. The van der Waals surface area contributed by atoms with Gasteiger partial charge in [-0.1, -0.05) is 85.0 Å². The lowest BCUT2D eigenvalue weighted by Crippen LogP contribution is -2.39. The lowest BCUT2D eigenvalue weighted by Gasteiger charge is -2.24. The molecule has 3 nitrogen and oxygen atoms in total. The summed E-state index contributed by atoms with van der Waals surface area (Å²) in [6.07, 6.45) is 8.28. The fraction of sp³-hybridized carbons (Fsp3) is 0.227. The van der Waals surface area contributed by atoms with E-state index >= 15 is 0 Å². The van der Waals surface area contributed by atoms with Crippen LogP contribution in [0, 0.1) is 0 Å². The van der Waals surface area contributed by atoms with Gasteiger partial charge < -0.3 is 4.74 Å². The minimum Gasteiger partial charge on any atom is -0.468 e. The molecule has 2 rings (SSSR count). The maximum atomic E-state index is 11.9. The Hall–Kier alpha value is -2.65. The van der Waals surface area contributed by atoms with E-state index in [-0.39, 0.29) is 12.0 Å². The quantitative estimate of drug-likeness (QED) is 0.675. The molecule has 2 aromatic rings. The Morgan fingerprint density at radius 2 is 1.36 bits per heavy atom. The second-order valence-corrected chi connectivity index (χ2v) is 5.78. The van der Waals surface area contributed by atoms with Crippen LogP contribution in [0.2, 0.25) is 0 Å². The molecule has 1 atom stereocenters. The van der Waals surface area contributed by atoms with Gasteiger partial charge in [0, 0.05) is 13.1 Å². The largest absolute Gasteiger partial charge is 0.468 e. The predicted molar refractivity (Wildman–Crippen MR) is 104 cm³/mol. The van der Waals surface area contributed by atoms with Gasteiger partial charge in [0.05, 0.1) is 7.11 Å². The molecular weight excluding hydrogens is 310 g/mol. The van der Waals surface area contributed by atoms with Crippen molar-refractivity contribution in [1.82, 2.24) is 4.90 Å². The molecule has 0 aliphatic rings. The van der Waals surface area contributed by atoms with Crippen molar-refractivity contribution in [3.8, 4) is 0 Å². The summed E-state index contributed by atoms with van der Waals surface area (Å²) >= 11 is 0. The molecule has 0 N–H and O–H groups in total. The molecule has 0 saturated carbocycles. The molecule has 2 aromatic carbocycles. The van der Waals surface area contributed by atoms with Crippen LogP contribution >= 0.6 is 0 Å². The number of ether oxygens (including phenoxy) is 1. The maximum absolute atomic E-state index is 11.9. The Kier molecular flexibility index (Phi) is 7.67. The first-order chi connectivity index (χ1) is 12.2. The highest BCUT2D eigenvalue weighted by molar-refractivity contribution is 5.75. The Bertz CT molecular complexity index is 641. The van der Waals surface area contributed by atoms with Crippen molar-refractivity contribution in [2.75, 3.05) is 20.2 Å². The summed E-state index contributed by atoms with van der Waals surface area (Å²) in [6, 6.07) is 20.0. The van der Waals surface area contributed by atoms with Crippen LogP contribution in [0.1, 0.15) is 18.1 Å². The predicted octanol–water partition coefficient (Wildman–Crippen LogP) is 4.28. The summed E-state index contributed by atoms with van der Waals surface area (Å²) in [4.78, 5) is 14.0. The van der Waals surface area contributed by atoms with Gasteiger partial charge in [0.1, 0.15) is 6.04 Å². The summed E-state index contributed by atoms with van der Waals surface area (Å²) < 4.78 is 4.89. The minimum atomic E-state index is -0.300. The number of esters is 1. The summed E-state index contributed by atoms with van der Waals surface area (Å²) in [5.41, 5.74) is 2.29. The fourth-order valence-corrected chi connectivity index (χ4v) is 2.49. The van der Waals surface area contributed by atoms with E-state index in [9.17, 15) is 4.79 Å². The molecule has 0 aliphatic heterocycles. The molecule has 0 bridgehead atoms. The summed E-state index contributed by atoms with van der Waals surface area (Å²) in [5.74, 6) is -0.221. The molecule has 0 aliphatic carbocycles. The Morgan fingerprint density at radius 1 is 0.920 bits per heavy atom. The van der Waals surface area contributed by atoms with Gasteiger partial charge in [-0.05, 0) is 18.1 Å². The Balaban J connectivity index is 2.01. The van der Waals surface area contributed by atoms with Gasteiger partial charge in [-0.2, -0.15) is 0 Å². The van der Waals surface area contributed by atoms with Crippen molar-refractivity contribution in [2.24, 2.45) is 0 Å². The van der Waals surface area contributed by atoms with Gasteiger partial charge in [0.15, 0.2) is 0 Å². The van der Waals surface area contributed by atoms with Crippen LogP contribution in [0.25, 0.3) is 12.2 Å². The van der Waals surface area contributed by atoms with Gasteiger partial charge in [-0.3, -0.25) is 9.69 Å². The van der Waals surface area contributed by atoms with E-state index < -0.39 is 0 Å². The molecule has 130 valence electrons. The summed E-state index contributed by atoms with van der Waals surface area (Å²) in [7, 11) is 1.43. The van der Waals surface area contributed by atoms with Crippen molar-refractivity contribution in [1.29, 1.82) is 0 Å². The lowest BCUT2D eigenvalue weighted by molar-refractivity contribution is -0.145. The number of hydrogen-bond donors (Lipinski definition) is 0. The van der Waals surface area contributed by atoms with Gasteiger partial charge >= 0.3 is 5.97 Å². The minimum absolute atomic E-state index is 0.221. The van der Waals surface area contributed by atoms with E-state index in [2.05, 4.69) is 53.5 Å². The molecule has 0 spiro atoms. The fourth-order valence-electron chi connectivity index (χ4n) is 2.49. The third-order valence-electron chi connectivity index (χ3n) is 3.99. The molecule has 0 radical (unpaired) electrons. The van der Waals surface area contributed by atoms with Crippen molar-refractivity contribution in [2.45, 2.75) is 13.0 Å². The first-order valence-electron chi connectivity index (χ1n) is 8.46. The standard InChI is InChI=1S/C22H25NO2/c1-19(22(24)25-2)23(17-9-15-20-11-5-3-6-12-20)18-10-16-21-13-7-4-8-14-21/h3-16,19H,17-18H2,1-2H3/b15-9+,16-10+. The molecule has 1 unspecified atom stereocenters. The van der Waals surface area contributed by atoms with Gasteiger partial charge in [-0.15, -0.1) is 0 Å². The molecule has 0 fully saturated rings. The topological polar surface area (TPSA) is 29.5 Å². The molecule has 25 heavy (non-hydrogen) atoms. The summed E-state index contributed by atoms with van der Waals surface area (Å²) in [6.45, 7) is 3.22. The van der Waals surface area contributed by atoms with Crippen LogP contribution < -0.4 is 0 Å². The number of nitrogens with zero attached hydrogens (tertiary/aromatic N) is 1. The highest BCUT2D eigenvalue weighted by atomic mass is 16.5. The van der Waals surface area contributed by atoms with Crippen molar-refractivity contribution < 1.29 is 9.53 Å². The number of methoxy groups -OCH3 is 1. The third-order valence-corrected chi connectivity index (χ3v) is 3.99. The van der Waals surface area contributed by atoms with E-state index in [1.807, 2.05) is 43.3 Å². The molecule has 0 amide bonds. The molecule has 0 aromatic heterocycles. The van der Waals surface area contributed by atoms with E-state index in [4.69, 9.17) is 4.74 Å². The summed E-state index contributed by atoms with van der Waals surface area (Å²) in [5, 5.41) is 0. The first-order valence-corrected chi connectivity index (χ1v) is 8.46. The molecule has 0 saturated heterocycles. The van der Waals surface area contributed by atoms with Crippen molar-refractivity contribution in [3.63, 3.8) is 0 Å². The average molecular weight is 335 g/mol. The second-order valence-electron chi connectivity index (χ2n) is 5.78. The van der Waals surface area contributed by atoms with Crippen LogP contribution in [0.3, 0.4) is 0 Å². The number of rotatable bonds is 8. The van der Waals surface area contributed by atoms with E-state index in [0.717, 1.165) is 11.1 Å². The van der Waals surface area contributed by atoms with Gasteiger partial charge in [0.2, 0.25) is 0 Å². The molecule has 0 heterocycles. The van der Waals surface area contributed by atoms with E-state index in [0.29, 0.717) is 13.1 Å². The van der Waals surface area contributed by atoms with Crippen molar-refractivity contribution >= 4 is 18.1 Å². The van der Waals surface area contributed by atoms with Crippen LogP contribution in [0.15, 0.2) is 72.8 Å². The third kappa shape index (κ3) is 6.40. The monoisotopic (exact) mass is 335 g/mol. The molecule has 3 heteroatoms. The van der Waals surface area contributed by atoms with Crippen molar-refractivity contribution in [3.05, 3.63) is 83.9 Å². The number of hydrogen-bond acceptors (Lipinski definition) is 3. The smallest absolute Gasteiger partial charge is 0.322 e. The zero-order valence-corrected chi connectivity index (χ0v) is 14.8. The number of benzene rings is 2. The first kappa shape index (κ1) is 18.7. The SMILES string of the molecule is COC(=O)C(C)N(C/C=C/c1ccccc1)C/C=C/c1ccccc1. The van der Waals surface area contributed by atoms with Crippen LogP contribution in [-0.2, 0) is 9.53 Å². The van der Waals surface area contributed by atoms with E-state index in [1.54, 1.807) is 0 Å². The maximum Gasteiger partial charge on any atom is 0.322 e. The average Bonchev–Trinajstić information content (AvgIpc) is 2.67. The Labute approximate surface area is 150 Å². The van der Waals surface area contributed by atoms with Crippen LogP contribution in [0.5, 0.6) is 0 Å². The van der Waals surface area contributed by atoms with Crippen LogP contribution in [0.4, 0.5) is 0 Å². The van der Waals surface area contributed by atoms with Crippen LogP contribution in [-0.4, -0.2) is 37.1 Å². The second kappa shape index (κ2) is 10.3. The lowest BCUT2D eigenvalue weighted by atomic mass is 10.2. The number of carbonyl (C=O) groups is 1. The normalized spacial score (nSPS) is 12.8. The zero-order chi connectivity index (χ0) is 17.9. The number of carbonyl (C=O) groups excluding carboxylic acids is 1. The zero-order valence-electron chi connectivity index (χ0n) is 14.8. The molecular formula is C22H25NO2. The highest BCUT2D eigenvalue weighted by Crippen LogP contribution is 2.07.